The predicted molar refractivity (Wildman–Crippen MR) is 122 cm³/mol. The molecule has 1 unspecified atom stereocenters. The second-order valence-corrected chi connectivity index (χ2v) is 10.0. The summed E-state index contributed by atoms with van der Waals surface area (Å²) in [5, 5.41) is 5.90. The average molecular weight is 469 g/mol. The van der Waals surface area contributed by atoms with Crippen molar-refractivity contribution in [2.24, 2.45) is 11.7 Å². The van der Waals surface area contributed by atoms with E-state index in [9.17, 15) is 18.0 Å². The van der Waals surface area contributed by atoms with E-state index < -0.39 is 22.0 Å². The first kappa shape index (κ1) is 26.2. The number of esters is 1. The van der Waals surface area contributed by atoms with Crippen LogP contribution in [-0.4, -0.2) is 70.0 Å². The number of sulfonamides is 1. The smallest absolute Gasteiger partial charge is 0.324 e. The molecule has 180 valence electrons. The highest BCUT2D eigenvalue weighted by molar-refractivity contribution is 7.89. The maximum atomic E-state index is 13.0. The molecule has 3 atom stereocenters. The van der Waals surface area contributed by atoms with Gasteiger partial charge in [-0.3, -0.25) is 9.59 Å². The molecule has 32 heavy (non-hydrogen) atoms. The highest BCUT2D eigenvalue weighted by atomic mass is 32.2. The SMILES string of the molecule is COC(=O)[C@@H](CNC(=O)[C@H](C)CCCCN)NCC1CCCN1S(=O)(=O)c1ccccc1. The van der Waals surface area contributed by atoms with Gasteiger partial charge in [0.25, 0.3) is 0 Å². The van der Waals surface area contributed by atoms with E-state index in [1.54, 1.807) is 30.3 Å². The summed E-state index contributed by atoms with van der Waals surface area (Å²) < 4.78 is 32.4. The standard InChI is InChI=1S/C22H36N4O5S/c1-17(9-6-7-13-23)21(27)25-16-20(22(28)31-2)24-15-18-10-8-14-26(18)32(29,30)19-11-4-3-5-12-19/h3-5,11-12,17-18,20,24H,6-10,13-16,23H2,1-2H3,(H,25,27)/t17-,18?,20-/m1/s1. The van der Waals surface area contributed by atoms with Crippen LogP contribution in [0.4, 0.5) is 0 Å². The summed E-state index contributed by atoms with van der Waals surface area (Å²) in [6, 6.07) is 7.29. The van der Waals surface area contributed by atoms with Crippen LogP contribution in [0.2, 0.25) is 0 Å². The van der Waals surface area contributed by atoms with Crippen molar-refractivity contribution in [1.82, 2.24) is 14.9 Å². The molecule has 1 amide bonds. The highest BCUT2D eigenvalue weighted by Gasteiger charge is 2.35. The lowest BCUT2D eigenvalue weighted by Crippen LogP contribution is -2.51. The molecule has 1 aliphatic rings. The van der Waals surface area contributed by atoms with Crippen molar-refractivity contribution in [1.29, 1.82) is 0 Å². The number of hydrogen-bond acceptors (Lipinski definition) is 7. The second kappa shape index (κ2) is 12.9. The average Bonchev–Trinajstić information content (AvgIpc) is 3.28. The van der Waals surface area contributed by atoms with E-state index >= 15 is 0 Å². The Morgan fingerprint density at radius 1 is 1.25 bits per heavy atom. The summed E-state index contributed by atoms with van der Waals surface area (Å²) in [6.45, 7) is 3.24. The number of nitrogens with one attached hydrogen (secondary N) is 2. The number of hydrogen-bond donors (Lipinski definition) is 3. The fourth-order valence-corrected chi connectivity index (χ4v) is 5.53. The van der Waals surface area contributed by atoms with Crippen molar-refractivity contribution in [3.05, 3.63) is 30.3 Å². The molecular weight excluding hydrogens is 432 g/mol. The Morgan fingerprint density at radius 3 is 2.62 bits per heavy atom. The Hall–Kier alpha value is -2.01. The topological polar surface area (TPSA) is 131 Å². The van der Waals surface area contributed by atoms with E-state index in [0.717, 1.165) is 25.7 Å². The third-order valence-corrected chi connectivity index (χ3v) is 7.74. The van der Waals surface area contributed by atoms with Gasteiger partial charge in [-0.15, -0.1) is 0 Å². The monoisotopic (exact) mass is 468 g/mol. The molecule has 1 aliphatic heterocycles. The summed E-state index contributed by atoms with van der Waals surface area (Å²) >= 11 is 0. The molecule has 0 saturated carbocycles. The molecular formula is C22H36N4O5S. The van der Waals surface area contributed by atoms with Crippen LogP contribution in [0.15, 0.2) is 35.2 Å². The third-order valence-electron chi connectivity index (χ3n) is 5.78. The zero-order valence-electron chi connectivity index (χ0n) is 19.0. The summed E-state index contributed by atoms with van der Waals surface area (Å²) in [6.07, 6.45) is 3.91. The van der Waals surface area contributed by atoms with Gasteiger partial charge in [0.2, 0.25) is 15.9 Å². The van der Waals surface area contributed by atoms with Crippen LogP contribution in [0, 0.1) is 5.92 Å². The van der Waals surface area contributed by atoms with E-state index in [0.29, 0.717) is 19.5 Å². The van der Waals surface area contributed by atoms with Crippen molar-refractivity contribution in [2.75, 3.05) is 33.3 Å². The minimum absolute atomic E-state index is 0.0743. The van der Waals surface area contributed by atoms with Crippen molar-refractivity contribution in [2.45, 2.75) is 56.0 Å². The van der Waals surface area contributed by atoms with Gasteiger partial charge in [0.05, 0.1) is 12.0 Å². The van der Waals surface area contributed by atoms with Crippen molar-refractivity contribution in [3.8, 4) is 0 Å². The minimum atomic E-state index is -3.61. The Balaban J connectivity index is 1.95. The van der Waals surface area contributed by atoms with Gasteiger partial charge in [-0.2, -0.15) is 4.31 Å². The lowest BCUT2D eigenvalue weighted by molar-refractivity contribution is -0.143. The molecule has 1 fully saturated rings. The van der Waals surface area contributed by atoms with Gasteiger partial charge in [0.15, 0.2) is 0 Å². The molecule has 10 heteroatoms. The molecule has 0 bridgehead atoms. The van der Waals surface area contributed by atoms with E-state index in [2.05, 4.69) is 10.6 Å². The maximum absolute atomic E-state index is 13.0. The number of carbonyl (C=O) groups is 2. The number of nitrogens with two attached hydrogens (primary N) is 1. The normalized spacial score (nSPS) is 18.8. The number of carbonyl (C=O) groups excluding carboxylic acids is 2. The largest absolute Gasteiger partial charge is 0.468 e. The summed E-state index contributed by atoms with van der Waals surface area (Å²) in [5.41, 5.74) is 5.49. The zero-order valence-corrected chi connectivity index (χ0v) is 19.8. The Kier molecular flexibility index (Phi) is 10.6. The van der Waals surface area contributed by atoms with Crippen molar-refractivity contribution in [3.63, 3.8) is 0 Å². The Morgan fingerprint density at radius 2 is 1.97 bits per heavy atom. The number of methoxy groups -OCH3 is 1. The van der Waals surface area contributed by atoms with Crippen LogP contribution in [0.25, 0.3) is 0 Å². The number of ether oxygens (including phenoxy) is 1. The first-order chi connectivity index (χ1) is 15.3. The second-order valence-electron chi connectivity index (χ2n) is 8.14. The number of nitrogens with zero attached hydrogens (tertiary/aromatic N) is 1. The number of amides is 1. The molecule has 4 N–H and O–H groups in total. The number of rotatable bonds is 13. The van der Waals surface area contributed by atoms with Gasteiger partial charge >= 0.3 is 5.97 Å². The molecule has 1 aromatic carbocycles. The van der Waals surface area contributed by atoms with Crippen molar-refractivity contribution >= 4 is 21.9 Å². The fourth-order valence-electron chi connectivity index (χ4n) is 3.82. The molecule has 1 saturated heterocycles. The molecule has 9 nitrogen and oxygen atoms in total. The van der Waals surface area contributed by atoms with Gasteiger partial charge < -0.3 is 21.1 Å². The van der Waals surface area contributed by atoms with Crippen LogP contribution < -0.4 is 16.4 Å². The predicted octanol–water partition coefficient (Wildman–Crippen LogP) is 0.852. The van der Waals surface area contributed by atoms with Gasteiger partial charge in [-0.05, 0) is 44.4 Å². The fraction of sp³-hybridized carbons (Fsp3) is 0.636. The van der Waals surface area contributed by atoms with Crippen LogP contribution in [0.5, 0.6) is 0 Å². The number of benzene rings is 1. The lowest BCUT2D eigenvalue weighted by Gasteiger charge is -2.26. The quantitative estimate of drug-likeness (QED) is 0.289. The summed E-state index contributed by atoms with van der Waals surface area (Å²) in [4.78, 5) is 24.8. The summed E-state index contributed by atoms with van der Waals surface area (Å²) in [7, 11) is -2.32. The van der Waals surface area contributed by atoms with Gasteiger partial charge in [0, 0.05) is 31.6 Å². The van der Waals surface area contributed by atoms with E-state index in [-0.39, 0.29) is 35.9 Å². The van der Waals surface area contributed by atoms with E-state index in [4.69, 9.17) is 10.5 Å². The lowest BCUT2D eigenvalue weighted by atomic mass is 10.0. The first-order valence-electron chi connectivity index (χ1n) is 11.2. The molecule has 1 aromatic rings. The van der Waals surface area contributed by atoms with Gasteiger partial charge in [0.1, 0.15) is 6.04 Å². The minimum Gasteiger partial charge on any atom is -0.468 e. The Bertz CT molecular complexity index is 834. The van der Waals surface area contributed by atoms with Crippen LogP contribution in [-0.2, 0) is 24.3 Å². The maximum Gasteiger partial charge on any atom is 0.324 e. The van der Waals surface area contributed by atoms with Gasteiger partial charge in [-0.1, -0.05) is 31.5 Å². The van der Waals surface area contributed by atoms with Crippen LogP contribution >= 0.6 is 0 Å². The zero-order chi connectivity index (χ0) is 23.6. The Labute approximate surface area is 191 Å². The van der Waals surface area contributed by atoms with Crippen molar-refractivity contribution < 1.29 is 22.7 Å². The van der Waals surface area contributed by atoms with E-state index in [1.807, 2.05) is 6.92 Å². The highest BCUT2D eigenvalue weighted by Crippen LogP contribution is 2.25. The van der Waals surface area contributed by atoms with Gasteiger partial charge in [-0.25, -0.2) is 8.42 Å². The molecule has 0 aromatic heterocycles. The molecule has 0 spiro atoms. The molecule has 0 aliphatic carbocycles. The van der Waals surface area contributed by atoms with E-state index in [1.165, 1.54) is 11.4 Å². The molecule has 2 rings (SSSR count). The third kappa shape index (κ3) is 7.26. The first-order valence-corrected chi connectivity index (χ1v) is 12.6. The van der Waals surface area contributed by atoms with Crippen LogP contribution in [0.3, 0.4) is 0 Å². The number of unbranched alkanes of at least 4 members (excludes halogenated alkanes) is 1. The molecule has 1 heterocycles. The van der Waals surface area contributed by atoms with Crippen LogP contribution in [0.1, 0.15) is 39.0 Å². The summed E-state index contributed by atoms with van der Waals surface area (Å²) in [5.74, 6) is -0.815. The molecule has 0 radical (unpaired) electrons.